The van der Waals surface area contributed by atoms with Crippen LogP contribution in [0.15, 0.2) is 41.4 Å². The summed E-state index contributed by atoms with van der Waals surface area (Å²) in [6.45, 7) is 2.38. The monoisotopic (exact) mass is 441 g/mol. The van der Waals surface area contributed by atoms with Crippen LogP contribution in [-0.4, -0.2) is 65.8 Å². The Kier molecular flexibility index (Phi) is 5.48. The summed E-state index contributed by atoms with van der Waals surface area (Å²) in [5.74, 6) is 0.409. The molecule has 154 valence electrons. The van der Waals surface area contributed by atoms with Gasteiger partial charge in [-0.15, -0.1) is 0 Å². The lowest BCUT2D eigenvalue weighted by atomic mass is 10.2. The Labute approximate surface area is 178 Å². The van der Waals surface area contributed by atoms with Gasteiger partial charge in [-0.3, -0.25) is 0 Å². The van der Waals surface area contributed by atoms with E-state index < -0.39 is 10.0 Å². The SMILES string of the molecule is CN1CCN(S(=O)(=O)c2ccc(-c3nccc(-c4nc(N)sc4C#N)n3)cc2)CC1. The third-order valence-electron chi connectivity index (χ3n) is 4.86. The molecule has 0 bridgehead atoms. The van der Waals surface area contributed by atoms with Crippen molar-refractivity contribution >= 4 is 26.5 Å². The Morgan fingerprint density at radius 1 is 1.10 bits per heavy atom. The van der Waals surface area contributed by atoms with Gasteiger partial charge in [0, 0.05) is 37.9 Å². The van der Waals surface area contributed by atoms with Crippen LogP contribution >= 0.6 is 11.3 Å². The molecule has 1 aromatic carbocycles. The summed E-state index contributed by atoms with van der Waals surface area (Å²) in [5.41, 5.74) is 7.28. The van der Waals surface area contributed by atoms with Crippen molar-refractivity contribution < 1.29 is 8.42 Å². The summed E-state index contributed by atoms with van der Waals surface area (Å²) in [6.07, 6.45) is 1.57. The van der Waals surface area contributed by atoms with E-state index in [1.165, 1.54) is 4.31 Å². The zero-order chi connectivity index (χ0) is 21.3. The molecule has 0 unspecified atom stereocenters. The number of anilines is 1. The molecule has 11 heteroatoms. The number of rotatable bonds is 4. The van der Waals surface area contributed by atoms with Gasteiger partial charge < -0.3 is 10.6 Å². The highest BCUT2D eigenvalue weighted by Gasteiger charge is 2.27. The molecule has 0 atom stereocenters. The maximum Gasteiger partial charge on any atom is 0.243 e. The molecule has 1 saturated heterocycles. The predicted molar refractivity (Wildman–Crippen MR) is 114 cm³/mol. The number of nitrogens with two attached hydrogens (primary N) is 1. The van der Waals surface area contributed by atoms with Crippen molar-refractivity contribution in [3.05, 3.63) is 41.4 Å². The average Bonchev–Trinajstić information content (AvgIpc) is 3.15. The van der Waals surface area contributed by atoms with E-state index >= 15 is 0 Å². The Balaban J connectivity index is 1.61. The molecule has 0 aliphatic carbocycles. The Bertz CT molecular complexity index is 1210. The first-order valence-electron chi connectivity index (χ1n) is 9.17. The third-order valence-corrected chi connectivity index (χ3v) is 7.56. The van der Waals surface area contributed by atoms with E-state index in [1.54, 1.807) is 36.5 Å². The fourth-order valence-electron chi connectivity index (χ4n) is 3.17. The van der Waals surface area contributed by atoms with Crippen LogP contribution in [0.5, 0.6) is 0 Å². The maximum absolute atomic E-state index is 12.9. The van der Waals surface area contributed by atoms with Gasteiger partial charge in [-0.25, -0.2) is 23.4 Å². The lowest BCUT2D eigenvalue weighted by Crippen LogP contribution is -2.46. The van der Waals surface area contributed by atoms with E-state index in [9.17, 15) is 13.7 Å². The van der Waals surface area contributed by atoms with Crippen molar-refractivity contribution in [2.45, 2.75) is 4.90 Å². The number of likely N-dealkylation sites (N-methyl/N-ethyl adjacent to an activating group) is 1. The number of hydrogen-bond acceptors (Lipinski definition) is 9. The smallest absolute Gasteiger partial charge is 0.243 e. The second-order valence-corrected chi connectivity index (χ2v) is 9.81. The fraction of sp³-hybridized carbons (Fsp3) is 0.263. The Hall–Kier alpha value is -2.91. The van der Waals surface area contributed by atoms with Gasteiger partial charge in [0.2, 0.25) is 10.0 Å². The van der Waals surface area contributed by atoms with Crippen molar-refractivity contribution in [2.75, 3.05) is 39.0 Å². The van der Waals surface area contributed by atoms with Gasteiger partial charge in [0.25, 0.3) is 0 Å². The quantitative estimate of drug-likeness (QED) is 0.647. The average molecular weight is 442 g/mol. The molecule has 3 heterocycles. The molecule has 0 spiro atoms. The number of benzene rings is 1. The largest absolute Gasteiger partial charge is 0.375 e. The lowest BCUT2D eigenvalue weighted by molar-refractivity contribution is 0.222. The molecule has 30 heavy (non-hydrogen) atoms. The van der Waals surface area contributed by atoms with Gasteiger partial charge in [0.15, 0.2) is 11.0 Å². The number of piperazine rings is 1. The minimum atomic E-state index is -3.53. The van der Waals surface area contributed by atoms with Gasteiger partial charge >= 0.3 is 0 Å². The van der Waals surface area contributed by atoms with Gasteiger partial charge in [0.1, 0.15) is 16.6 Å². The van der Waals surface area contributed by atoms with Gasteiger partial charge in [-0.05, 0) is 37.4 Å². The molecule has 0 saturated carbocycles. The van der Waals surface area contributed by atoms with Crippen LogP contribution in [0, 0.1) is 11.3 Å². The molecule has 1 aliphatic heterocycles. The molecular formula is C19H19N7O2S2. The molecule has 1 fully saturated rings. The second-order valence-electron chi connectivity index (χ2n) is 6.84. The van der Waals surface area contributed by atoms with Crippen molar-refractivity contribution in [3.63, 3.8) is 0 Å². The number of nitrogens with zero attached hydrogens (tertiary/aromatic N) is 6. The van der Waals surface area contributed by atoms with Crippen LogP contribution in [0.1, 0.15) is 4.88 Å². The van der Waals surface area contributed by atoms with E-state index in [0.29, 0.717) is 59.0 Å². The van der Waals surface area contributed by atoms with Crippen molar-refractivity contribution in [3.8, 4) is 28.8 Å². The van der Waals surface area contributed by atoms with Gasteiger partial charge in [-0.1, -0.05) is 11.3 Å². The Morgan fingerprint density at radius 3 is 2.47 bits per heavy atom. The number of hydrogen-bond donors (Lipinski definition) is 1. The van der Waals surface area contributed by atoms with Gasteiger partial charge in [0.05, 0.1) is 10.6 Å². The van der Waals surface area contributed by atoms with Crippen molar-refractivity contribution in [2.24, 2.45) is 0 Å². The standard InChI is InChI=1S/C19H19N7O2S2/c1-25-8-10-26(11-9-25)30(27,28)14-4-2-13(3-5-14)18-22-7-6-15(23-18)17-16(12-20)29-19(21)24-17/h2-7H,8-11H2,1H3,(H2,21,24). The first kappa shape index (κ1) is 20.4. The highest BCUT2D eigenvalue weighted by atomic mass is 32.2. The second kappa shape index (κ2) is 8.08. The van der Waals surface area contributed by atoms with Crippen molar-refractivity contribution in [1.82, 2.24) is 24.2 Å². The Morgan fingerprint density at radius 2 is 1.80 bits per heavy atom. The number of nitriles is 1. The van der Waals surface area contributed by atoms with Crippen LogP contribution in [0.25, 0.3) is 22.8 Å². The summed E-state index contributed by atoms with van der Waals surface area (Å²) < 4.78 is 27.3. The summed E-state index contributed by atoms with van der Waals surface area (Å²) in [5, 5.41) is 9.56. The van der Waals surface area contributed by atoms with Crippen LogP contribution in [-0.2, 0) is 10.0 Å². The molecule has 3 aromatic rings. The van der Waals surface area contributed by atoms with E-state index in [0.717, 1.165) is 11.3 Å². The summed E-state index contributed by atoms with van der Waals surface area (Å²) in [7, 11) is -1.56. The molecule has 9 nitrogen and oxygen atoms in total. The molecule has 2 N–H and O–H groups in total. The molecule has 0 radical (unpaired) electrons. The lowest BCUT2D eigenvalue weighted by Gasteiger charge is -2.31. The summed E-state index contributed by atoms with van der Waals surface area (Å²) >= 11 is 1.10. The van der Waals surface area contributed by atoms with Gasteiger partial charge in [-0.2, -0.15) is 9.57 Å². The fourth-order valence-corrected chi connectivity index (χ4v) is 5.23. The summed E-state index contributed by atoms with van der Waals surface area (Å²) in [6, 6.07) is 10.2. The van der Waals surface area contributed by atoms with E-state index in [-0.39, 0.29) is 4.90 Å². The van der Waals surface area contributed by atoms with E-state index in [1.807, 2.05) is 7.05 Å². The molecule has 0 amide bonds. The zero-order valence-electron chi connectivity index (χ0n) is 16.2. The van der Waals surface area contributed by atoms with Crippen LogP contribution in [0.4, 0.5) is 5.13 Å². The highest BCUT2D eigenvalue weighted by Crippen LogP contribution is 2.29. The highest BCUT2D eigenvalue weighted by molar-refractivity contribution is 7.89. The minimum absolute atomic E-state index is 0.242. The first-order valence-corrected chi connectivity index (χ1v) is 11.4. The summed E-state index contributed by atoms with van der Waals surface area (Å²) in [4.78, 5) is 15.7. The first-order chi connectivity index (χ1) is 14.4. The number of sulfonamides is 1. The zero-order valence-corrected chi connectivity index (χ0v) is 17.8. The number of aromatic nitrogens is 3. The van der Waals surface area contributed by atoms with E-state index in [2.05, 4.69) is 25.9 Å². The van der Waals surface area contributed by atoms with Crippen LogP contribution in [0.3, 0.4) is 0 Å². The normalized spacial score (nSPS) is 15.7. The van der Waals surface area contributed by atoms with E-state index in [4.69, 9.17) is 5.73 Å². The predicted octanol–water partition coefficient (Wildman–Crippen LogP) is 1.66. The molecule has 2 aromatic heterocycles. The minimum Gasteiger partial charge on any atom is -0.375 e. The molecule has 4 rings (SSSR count). The molecule has 1 aliphatic rings. The van der Waals surface area contributed by atoms with Crippen molar-refractivity contribution in [1.29, 1.82) is 5.26 Å². The third kappa shape index (κ3) is 3.90. The number of nitrogen functional groups attached to an aromatic ring is 1. The maximum atomic E-state index is 12.9. The van der Waals surface area contributed by atoms with Crippen LogP contribution < -0.4 is 5.73 Å². The topological polar surface area (TPSA) is 129 Å². The number of thiazole rings is 1. The molecular weight excluding hydrogens is 422 g/mol. The van der Waals surface area contributed by atoms with Crippen LogP contribution in [0.2, 0.25) is 0 Å².